The molecular formula is C96H92F8N24O8S2. The lowest BCUT2D eigenvalue weighted by atomic mass is 9.80. The van der Waals surface area contributed by atoms with Crippen LogP contribution in [-0.2, 0) is 50.1 Å². The van der Waals surface area contributed by atoms with E-state index >= 15 is 0 Å². The number of halogens is 8. The van der Waals surface area contributed by atoms with Gasteiger partial charge in [0.2, 0.25) is 43.8 Å². The topological polar surface area (TPSA) is 368 Å². The van der Waals surface area contributed by atoms with Gasteiger partial charge in [0, 0.05) is 106 Å². The van der Waals surface area contributed by atoms with Crippen LogP contribution in [0.3, 0.4) is 0 Å². The maximum atomic E-state index is 14.5. The molecular weight excluding hydrogens is 1830 g/mol. The van der Waals surface area contributed by atoms with Gasteiger partial charge in [0.25, 0.3) is 23.6 Å². The highest BCUT2D eigenvalue weighted by Gasteiger charge is 2.46. The number of carbonyl (C=O) groups excluding carboxylic acids is 4. The molecule has 0 bridgehead atoms. The molecule has 4 aromatic heterocycles. The summed E-state index contributed by atoms with van der Waals surface area (Å²) < 4.78 is 169. The molecule has 6 aliphatic rings. The average molecular weight is 1930 g/mol. The number of nitrogens with one attached hydrogen (secondary N) is 4. The van der Waals surface area contributed by atoms with Crippen molar-refractivity contribution in [2.45, 2.75) is 103 Å². The second-order valence-electron chi connectivity index (χ2n) is 34.2. The van der Waals surface area contributed by atoms with Crippen molar-refractivity contribution < 1.29 is 71.1 Å². The molecule has 8 aromatic carbocycles. The van der Waals surface area contributed by atoms with Gasteiger partial charge in [-0.25, -0.2) is 76.2 Å². The summed E-state index contributed by atoms with van der Waals surface area (Å²) in [6.45, 7) is 3.68. The molecule has 2 saturated carbocycles. The van der Waals surface area contributed by atoms with Crippen molar-refractivity contribution >= 4 is 136 Å². The first-order valence-electron chi connectivity index (χ1n) is 43.1. The van der Waals surface area contributed by atoms with E-state index in [1.54, 1.807) is 45.4 Å². The maximum absolute atomic E-state index is 14.5. The molecule has 0 radical (unpaired) electrons. The molecule has 0 saturated heterocycles. The molecule has 4 unspecified atom stereocenters. The summed E-state index contributed by atoms with van der Waals surface area (Å²) in [7, 11) is 9.57. The number of sulfonamides is 2. The Morgan fingerprint density at radius 3 is 0.884 bits per heavy atom. The van der Waals surface area contributed by atoms with Gasteiger partial charge in [-0.3, -0.25) is 19.2 Å². The third-order valence-electron chi connectivity index (χ3n) is 24.9. The Morgan fingerprint density at radius 2 is 0.638 bits per heavy atom. The van der Waals surface area contributed by atoms with E-state index < -0.39 is 125 Å². The van der Waals surface area contributed by atoms with Crippen molar-refractivity contribution in [3.05, 3.63) is 275 Å². The molecule has 0 spiro atoms. The van der Waals surface area contributed by atoms with E-state index in [1.807, 2.05) is 62.4 Å². The zero-order valence-electron chi connectivity index (χ0n) is 76.7. The molecule has 138 heavy (non-hydrogen) atoms. The van der Waals surface area contributed by atoms with Crippen LogP contribution in [0.1, 0.15) is 110 Å². The molecule has 2 fully saturated rings. The second-order valence-corrected chi connectivity index (χ2v) is 38.3. The third-order valence-corrected chi connectivity index (χ3v) is 28.7. The number of carbonyl (C=O) groups is 4. The minimum Gasteiger partial charge on any atom is -0.342 e. The molecule has 42 heteroatoms. The lowest BCUT2D eigenvalue weighted by Crippen LogP contribution is -2.46. The van der Waals surface area contributed by atoms with Crippen LogP contribution >= 0.6 is 0 Å². The number of hydrogen-bond acceptors (Lipinski definition) is 26. The van der Waals surface area contributed by atoms with Crippen molar-refractivity contribution in [2.75, 3.05) is 138 Å². The number of fused-ring (bicyclic) bond motifs is 4. The lowest BCUT2D eigenvalue weighted by molar-refractivity contribution is -0.120. The zero-order chi connectivity index (χ0) is 99.2. The molecule has 2 aliphatic carbocycles. The Bertz CT molecular complexity index is 7010. The number of hydrogen-bond donors (Lipinski definition) is 4. The van der Waals surface area contributed by atoms with Crippen molar-refractivity contribution in [1.82, 2.24) is 48.5 Å². The number of aromatic nitrogens is 8. The number of nitriles is 2. The highest BCUT2D eigenvalue weighted by molar-refractivity contribution is 7.89. The van der Waals surface area contributed by atoms with Crippen LogP contribution in [0.15, 0.2) is 204 Å². The monoisotopic (exact) mass is 1920 g/mol. The first-order chi connectivity index (χ1) is 65.6. The number of likely N-dealkylation sites (N-methyl/N-ethyl adjacent to an activating group) is 8. The number of amides is 4. The van der Waals surface area contributed by atoms with Crippen LogP contribution in [0, 0.1) is 69.2 Å². The smallest absolute Gasteiger partial charge is 0.254 e. The molecule has 712 valence electrons. The quantitative estimate of drug-likeness (QED) is 0.0546. The largest absolute Gasteiger partial charge is 0.342 e. The van der Waals surface area contributed by atoms with Gasteiger partial charge >= 0.3 is 0 Å². The molecule has 4 atom stereocenters. The van der Waals surface area contributed by atoms with Crippen LogP contribution in [-0.4, -0.2) is 173 Å². The van der Waals surface area contributed by atoms with Gasteiger partial charge in [0.1, 0.15) is 93.5 Å². The first kappa shape index (κ1) is 97.2. The van der Waals surface area contributed by atoms with E-state index in [2.05, 4.69) is 73.3 Å². The highest BCUT2D eigenvalue weighted by Crippen LogP contribution is 2.48. The molecule has 4 aliphatic heterocycles. The van der Waals surface area contributed by atoms with E-state index in [-0.39, 0.29) is 61.9 Å². The molecule has 18 rings (SSSR count). The SMILES string of the molecule is CN1C(=O)C(c2c(F)cccc2F)N(C)c2nc(Nc3ccc(C(C)(C)C#N)cc3)ncc21.CN1C(=O)C(c2c(F)cccc2F)N(C)c2nc(Nc3ccc(C4(C#N)CCCC4)cc3)ncc21.CN1C(=O)C(c2c(F)cccc2F)N(C)c2nc(Nc3ccc(S(=O)(=O)N(C)C)cc3)ncc21.CN1C(=O)C(c2c(F)cccc2F)N(C)c2nc(Nc3ccc(S(=O)(=O)N(C)C4CC4)cc3)ncc21. The lowest BCUT2D eigenvalue weighted by Gasteiger charge is -2.38. The summed E-state index contributed by atoms with van der Waals surface area (Å²) in [5, 5.41) is 31.3. The minimum atomic E-state index is -3.57. The van der Waals surface area contributed by atoms with Crippen LogP contribution in [0.5, 0.6) is 0 Å². The van der Waals surface area contributed by atoms with E-state index in [1.165, 1.54) is 173 Å². The van der Waals surface area contributed by atoms with Crippen LogP contribution in [0.2, 0.25) is 0 Å². The average Bonchev–Trinajstić information content (AvgIpc) is 0.773. The van der Waals surface area contributed by atoms with Crippen LogP contribution in [0.25, 0.3) is 0 Å². The fourth-order valence-electron chi connectivity index (χ4n) is 16.7. The molecule has 8 heterocycles. The van der Waals surface area contributed by atoms with E-state index in [0.717, 1.165) is 108 Å². The van der Waals surface area contributed by atoms with Crippen LogP contribution in [0.4, 0.5) is 128 Å². The Hall–Kier alpha value is -15.4. The van der Waals surface area contributed by atoms with Gasteiger partial charge in [0.15, 0.2) is 23.3 Å². The predicted molar refractivity (Wildman–Crippen MR) is 504 cm³/mol. The van der Waals surface area contributed by atoms with Crippen molar-refractivity contribution in [1.29, 1.82) is 10.5 Å². The molecule has 12 aromatic rings. The van der Waals surface area contributed by atoms with E-state index in [9.17, 15) is 81.7 Å². The summed E-state index contributed by atoms with van der Waals surface area (Å²) in [5.74, 6) is -6.38. The molecule has 32 nitrogen and oxygen atoms in total. The minimum absolute atomic E-state index is 0.0559. The highest BCUT2D eigenvalue weighted by atomic mass is 32.2. The zero-order valence-corrected chi connectivity index (χ0v) is 78.3. The van der Waals surface area contributed by atoms with E-state index in [0.29, 0.717) is 63.1 Å². The van der Waals surface area contributed by atoms with Gasteiger partial charge < -0.3 is 60.5 Å². The number of anilines is 16. The maximum Gasteiger partial charge on any atom is 0.254 e. The Labute approximate surface area is 790 Å². The van der Waals surface area contributed by atoms with Gasteiger partial charge in [-0.2, -0.15) is 34.8 Å². The summed E-state index contributed by atoms with van der Waals surface area (Å²) >= 11 is 0. The van der Waals surface area contributed by atoms with Crippen molar-refractivity contribution in [3.63, 3.8) is 0 Å². The predicted octanol–water partition coefficient (Wildman–Crippen LogP) is 15.8. The normalized spacial score (nSPS) is 17.2. The first-order valence-corrected chi connectivity index (χ1v) is 46.0. The van der Waals surface area contributed by atoms with Crippen molar-refractivity contribution in [3.8, 4) is 12.1 Å². The van der Waals surface area contributed by atoms with Gasteiger partial charge in [-0.05, 0) is 172 Å². The number of rotatable bonds is 19. The van der Waals surface area contributed by atoms with Gasteiger partial charge in [0.05, 0.1) is 79.8 Å². The fourth-order valence-corrected chi connectivity index (χ4v) is 19.0. The third kappa shape index (κ3) is 18.8. The molecule has 4 N–H and O–H groups in total. The summed E-state index contributed by atoms with van der Waals surface area (Å²) in [5.41, 5.74) is 3.59. The number of nitrogens with zero attached hydrogens (tertiary/aromatic N) is 20. The van der Waals surface area contributed by atoms with E-state index in [4.69, 9.17) is 0 Å². The summed E-state index contributed by atoms with van der Waals surface area (Å²) in [4.78, 5) is 98.2. The Balaban J connectivity index is 0.000000140. The second kappa shape index (κ2) is 38.8. The number of benzene rings is 8. The summed E-state index contributed by atoms with van der Waals surface area (Å²) in [6.07, 6.45) is 11.4. The Kier molecular flexibility index (Phi) is 27.3. The fraction of sp³-hybridized carbons (Fsp3) is 0.271. The molecule has 4 amide bonds. The summed E-state index contributed by atoms with van der Waals surface area (Å²) in [6, 6.07) is 41.0. The van der Waals surface area contributed by atoms with Crippen LogP contribution < -0.4 is 60.5 Å². The van der Waals surface area contributed by atoms with Gasteiger partial charge in [-0.15, -0.1) is 0 Å². The van der Waals surface area contributed by atoms with Crippen molar-refractivity contribution in [2.24, 2.45) is 0 Å². The Morgan fingerprint density at radius 1 is 0.384 bits per heavy atom. The standard InChI is InChI=1S/C26H24F2N6O.C24H24F2N6O3S.C24H22F2N6O.C22H22F2N6O3S/c1-33-20-14-30-25(31-17-10-8-16(9-11-17)26(15-29)12-3-4-13-26)32-23(20)34(2)22(24(33)35)21-18(27)6-5-7-19(21)28;1-30-19-13-27-24(28-14-7-11-16(12-8-14)36(34,35)32(3)15-9-10-15)29-22(19)31(2)21(23(30)33)20-17(25)5-4-6-18(20)26;1-24(2,13-27)14-8-10-15(11-9-14)29-23-28-12-18-21(30-23)32(4)20(22(33)31(18)3)19-16(25)6-5-7-17(19)26;1-28(2)34(32,33)14-10-8-13(9-11-14)26-22-25-12-17-20(27-22)30(4)19(21(31)29(17)3)18-15(23)6-5-7-16(18)24/h5-11,14,22H,3-4,12-13H2,1-2H3,(H,30,31,32);4-8,11-13,15,21H,9-10H2,1-3H3,(H,27,28,29);5-12,20H,1-4H3,(H,28,29,30);5-12,19H,1-4H3,(H,25,26,27). The van der Waals surface area contributed by atoms with Gasteiger partial charge in [-0.1, -0.05) is 61.4 Å².